The van der Waals surface area contributed by atoms with E-state index in [9.17, 15) is 0 Å². The number of rotatable bonds is 4. The normalized spacial score (nSPS) is 12.9. The quantitative estimate of drug-likeness (QED) is 0.440. The average molecular weight is 429 g/mol. The van der Waals surface area contributed by atoms with Gasteiger partial charge in [-0.05, 0) is 61.6 Å². The molecule has 6 heteroatoms. The van der Waals surface area contributed by atoms with Crippen LogP contribution in [0.2, 0.25) is 0 Å². The Kier molecular flexibility index (Phi) is 4.80. The van der Waals surface area contributed by atoms with Crippen molar-refractivity contribution in [2.45, 2.75) is 12.5 Å². The Labute approximate surface area is 124 Å². The maximum atomic E-state index is 5.61. The Morgan fingerprint density at radius 2 is 2.19 bits per heavy atom. The van der Waals surface area contributed by atoms with Crippen LogP contribution in [0, 0.1) is 2.88 Å². The minimum absolute atomic E-state index is 0.199. The van der Waals surface area contributed by atoms with Gasteiger partial charge in [-0.15, -0.1) is 22.7 Å². The number of nitrogens with two attached hydrogens (primary N) is 1. The standard InChI is InChI=1S/C10H10BrIN2S2/c11-7-2-8(15-5-7)3-9(14-13)6-1-10(12)16-4-6/h1-2,4-5,9,14H,3,13H2. The molecule has 0 saturated carbocycles. The lowest BCUT2D eigenvalue weighted by Crippen LogP contribution is -2.29. The van der Waals surface area contributed by atoms with E-state index in [1.807, 2.05) is 0 Å². The Balaban J connectivity index is 2.12. The van der Waals surface area contributed by atoms with Crippen LogP contribution >= 0.6 is 61.2 Å². The SMILES string of the molecule is NNC(Cc1cc(Br)cs1)c1csc(I)c1. The fourth-order valence-electron chi connectivity index (χ4n) is 1.44. The van der Waals surface area contributed by atoms with Gasteiger partial charge in [-0.2, -0.15) is 0 Å². The van der Waals surface area contributed by atoms with E-state index >= 15 is 0 Å². The van der Waals surface area contributed by atoms with Gasteiger partial charge in [-0.25, -0.2) is 0 Å². The van der Waals surface area contributed by atoms with E-state index in [0.717, 1.165) is 10.9 Å². The third kappa shape index (κ3) is 3.27. The third-order valence-electron chi connectivity index (χ3n) is 2.22. The molecule has 2 nitrogen and oxygen atoms in total. The minimum atomic E-state index is 0.199. The van der Waals surface area contributed by atoms with Gasteiger partial charge in [0.05, 0.1) is 8.93 Å². The monoisotopic (exact) mass is 428 g/mol. The van der Waals surface area contributed by atoms with Gasteiger partial charge in [0.15, 0.2) is 0 Å². The summed E-state index contributed by atoms with van der Waals surface area (Å²) >= 11 is 9.30. The molecule has 0 aliphatic heterocycles. The van der Waals surface area contributed by atoms with Crippen molar-refractivity contribution >= 4 is 61.2 Å². The number of thiophene rings is 2. The zero-order chi connectivity index (χ0) is 11.5. The lowest BCUT2D eigenvalue weighted by atomic mass is 10.1. The highest BCUT2D eigenvalue weighted by Gasteiger charge is 2.13. The van der Waals surface area contributed by atoms with Crippen LogP contribution in [0.4, 0.5) is 0 Å². The highest BCUT2D eigenvalue weighted by molar-refractivity contribution is 14.1. The molecule has 1 unspecified atom stereocenters. The first kappa shape index (κ1) is 13.0. The molecule has 0 aliphatic rings. The summed E-state index contributed by atoms with van der Waals surface area (Å²) < 4.78 is 2.43. The van der Waals surface area contributed by atoms with Crippen LogP contribution in [0.3, 0.4) is 0 Å². The predicted octanol–water partition coefficient (Wildman–Crippen LogP) is 3.92. The number of halogens is 2. The van der Waals surface area contributed by atoms with Crippen molar-refractivity contribution in [1.82, 2.24) is 5.43 Å². The molecule has 0 amide bonds. The summed E-state index contributed by atoms with van der Waals surface area (Å²) in [6.07, 6.45) is 0.930. The smallest absolute Gasteiger partial charge is 0.0656 e. The molecule has 0 fully saturated rings. The van der Waals surface area contributed by atoms with Gasteiger partial charge in [0, 0.05) is 21.2 Å². The molecule has 0 radical (unpaired) electrons. The summed E-state index contributed by atoms with van der Waals surface area (Å²) in [5.41, 5.74) is 4.15. The fraction of sp³-hybridized carbons (Fsp3) is 0.200. The number of hydrogen-bond donors (Lipinski definition) is 2. The lowest BCUT2D eigenvalue weighted by molar-refractivity contribution is 0.557. The molecule has 0 saturated heterocycles. The van der Waals surface area contributed by atoms with Gasteiger partial charge in [0.1, 0.15) is 0 Å². The molecule has 2 heterocycles. The first-order valence-corrected chi connectivity index (χ1v) is 8.25. The zero-order valence-electron chi connectivity index (χ0n) is 8.24. The van der Waals surface area contributed by atoms with E-state index in [2.05, 4.69) is 66.8 Å². The second kappa shape index (κ2) is 5.92. The molecule has 86 valence electrons. The molecule has 1 atom stereocenters. The number of hydrazine groups is 1. The lowest BCUT2D eigenvalue weighted by Gasteiger charge is -2.13. The second-order valence-electron chi connectivity index (χ2n) is 3.34. The largest absolute Gasteiger partial charge is 0.271 e. The Morgan fingerprint density at radius 3 is 2.69 bits per heavy atom. The van der Waals surface area contributed by atoms with Crippen molar-refractivity contribution < 1.29 is 0 Å². The maximum Gasteiger partial charge on any atom is 0.0656 e. The van der Waals surface area contributed by atoms with E-state index in [0.29, 0.717) is 0 Å². The molecular formula is C10H10BrIN2S2. The van der Waals surface area contributed by atoms with Gasteiger partial charge in [0.25, 0.3) is 0 Å². The van der Waals surface area contributed by atoms with Crippen LogP contribution in [-0.4, -0.2) is 0 Å². The molecule has 0 aromatic carbocycles. The van der Waals surface area contributed by atoms with Crippen molar-refractivity contribution in [3.05, 3.63) is 40.7 Å². The highest BCUT2D eigenvalue weighted by atomic mass is 127. The van der Waals surface area contributed by atoms with Crippen LogP contribution in [0.15, 0.2) is 27.4 Å². The van der Waals surface area contributed by atoms with E-state index in [1.54, 1.807) is 22.7 Å². The van der Waals surface area contributed by atoms with Gasteiger partial charge in [-0.1, -0.05) is 0 Å². The predicted molar refractivity (Wildman–Crippen MR) is 82.8 cm³/mol. The molecule has 2 aromatic rings. The first-order valence-electron chi connectivity index (χ1n) is 4.62. The Bertz CT molecular complexity index is 469. The molecule has 3 N–H and O–H groups in total. The average Bonchev–Trinajstić information content (AvgIpc) is 2.84. The van der Waals surface area contributed by atoms with Crippen LogP contribution in [0.25, 0.3) is 0 Å². The van der Waals surface area contributed by atoms with Gasteiger partial charge >= 0.3 is 0 Å². The van der Waals surface area contributed by atoms with Gasteiger partial charge < -0.3 is 0 Å². The van der Waals surface area contributed by atoms with Gasteiger partial charge in [-0.3, -0.25) is 11.3 Å². The van der Waals surface area contributed by atoms with Crippen molar-refractivity contribution in [2.75, 3.05) is 0 Å². The zero-order valence-corrected chi connectivity index (χ0v) is 13.6. The molecule has 2 rings (SSSR count). The summed E-state index contributed by atoms with van der Waals surface area (Å²) in [5.74, 6) is 5.61. The van der Waals surface area contributed by atoms with Crippen LogP contribution in [0.5, 0.6) is 0 Å². The molecule has 2 aromatic heterocycles. The minimum Gasteiger partial charge on any atom is -0.271 e. The third-order valence-corrected chi connectivity index (χ3v) is 5.75. The Morgan fingerprint density at radius 1 is 1.38 bits per heavy atom. The second-order valence-corrected chi connectivity index (χ2v) is 8.06. The van der Waals surface area contributed by atoms with Crippen molar-refractivity contribution in [3.63, 3.8) is 0 Å². The van der Waals surface area contributed by atoms with Gasteiger partial charge in [0.2, 0.25) is 0 Å². The van der Waals surface area contributed by atoms with Crippen LogP contribution < -0.4 is 11.3 Å². The summed E-state index contributed by atoms with van der Waals surface area (Å²) in [7, 11) is 0. The molecule has 16 heavy (non-hydrogen) atoms. The molecule has 0 bridgehead atoms. The van der Waals surface area contributed by atoms with Crippen molar-refractivity contribution in [3.8, 4) is 0 Å². The Hall–Kier alpha value is 0.530. The summed E-state index contributed by atoms with van der Waals surface area (Å²) in [4.78, 5) is 1.33. The first-order chi connectivity index (χ1) is 7.69. The van der Waals surface area contributed by atoms with E-state index in [4.69, 9.17) is 5.84 Å². The van der Waals surface area contributed by atoms with Crippen molar-refractivity contribution in [2.24, 2.45) is 5.84 Å². The highest BCUT2D eigenvalue weighted by Crippen LogP contribution is 2.28. The maximum absolute atomic E-state index is 5.61. The number of hydrogen-bond acceptors (Lipinski definition) is 4. The number of nitrogens with one attached hydrogen (secondary N) is 1. The molecule has 0 spiro atoms. The van der Waals surface area contributed by atoms with E-state index < -0.39 is 0 Å². The topological polar surface area (TPSA) is 38.0 Å². The summed E-state index contributed by atoms with van der Waals surface area (Å²) in [6, 6.07) is 4.52. The summed E-state index contributed by atoms with van der Waals surface area (Å²) in [6.45, 7) is 0. The van der Waals surface area contributed by atoms with Crippen molar-refractivity contribution in [1.29, 1.82) is 0 Å². The van der Waals surface area contributed by atoms with E-state index in [1.165, 1.54) is 13.3 Å². The van der Waals surface area contributed by atoms with Crippen LogP contribution in [0.1, 0.15) is 16.5 Å². The molecule has 0 aliphatic carbocycles. The fourth-order valence-corrected chi connectivity index (χ4v) is 4.37. The van der Waals surface area contributed by atoms with E-state index in [-0.39, 0.29) is 6.04 Å². The summed E-state index contributed by atoms with van der Waals surface area (Å²) in [5, 5.41) is 4.26. The van der Waals surface area contributed by atoms with Crippen LogP contribution in [-0.2, 0) is 6.42 Å². The molecular weight excluding hydrogens is 419 g/mol.